The van der Waals surface area contributed by atoms with Crippen molar-refractivity contribution in [2.24, 2.45) is 11.8 Å². The van der Waals surface area contributed by atoms with Crippen LogP contribution in [-0.2, 0) is 11.2 Å². The van der Waals surface area contributed by atoms with Crippen molar-refractivity contribution in [2.75, 3.05) is 32.8 Å². The van der Waals surface area contributed by atoms with Gasteiger partial charge in [0, 0.05) is 13.1 Å². The third kappa shape index (κ3) is 3.29. The Kier molecular flexibility index (Phi) is 4.29. The zero-order valence-electron chi connectivity index (χ0n) is 12.4. The normalized spacial score (nSPS) is 23.9. The lowest BCUT2D eigenvalue weighted by molar-refractivity contribution is -0.125. The van der Waals surface area contributed by atoms with E-state index in [0.29, 0.717) is 25.7 Å². The molecule has 1 aromatic rings. The van der Waals surface area contributed by atoms with Crippen molar-refractivity contribution in [1.29, 1.82) is 0 Å². The Labute approximate surface area is 125 Å². The van der Waals surface area contributed by atoms with Gasteiger partial charge in [-0.15, -0.1) is 0 Å². The molecule has 2 heterocycles. The minimum absolute atomic E-state index is 0.102. The van der Waals surface area contributed by atoms with Gasteiger partial charge in [-0.25, -0.2) is 0 Å². The molecule has 0 saturated carbocycles. The van der Waals surface area contributed by atoms with Crippen LogP contribution in [0.5, 0.6) is 11.5 Å². The maximum Gasteiger partial charge on any atom is 0.224 e. The van der Waals surface area contributed by atoms with Crippen molar-refractivity contribution in [3.05, 3.63) is 23.8 Å². The van der Waals surface area contributed by atoms with Gasteiger partial charge in [0.15, 0.2) is 11.5 Å². The maximum atomic E-state index is 12.1. The van der Waals surface area contributed by atoms with Crippen LogP contribution < -0.4 is 20.1 Å². The van der Waals surface area contributed by atoms with Gasteiger partial charge in [0.2, 0.25) is 5.91 Å². The molecule has 3 rings (SSSR count). The second-order valence-electron chi connectivity index (χ2n) is 5.76. The zero-order chi connectivity index (χ0) is 14.7. The highest BCUT2D eigenvalue weighted by molar-refractivity contribution is 5.79. The minimum atomic E-state index is 0.102. The quantitative estimate of drug-likeness (QED) is 0.867. The summed E-state index contributed by atoms with van der Waals surface area (Å²) in [5.41, 5.74) is 1.15. The Hall–Kier alpha value is -1.75. The molecule has 1 aromatic carbocycles. The van der Waals surface area contributed by atoms with Crippen molar-refractivity contribution in [1.82, 2.24) is 10.6 Å². The van der Waals surface area contributed by atoms with Gasteiger partial charge in [0.05, 0.1) is 5.92 Å². The summed E-state index contributed by atoms with van der Waals surface area (Å²) < 4.78 is 11.1. The van der Waals surface area contributed by atoms with E-state index in [1.807, 2.05) is 18.2 Å². The molecule has 5 nitrogen and oxygen atoms in total. The number of carbonyl (C=O) groups excluding carboxylic acids is 1. The summed E-state index contributed by atoms with van der Waals surface area (Å²) in [6, 6.07) is 5.97. The number of rotatable bonds is 4. The van der Waals surface area contributed by atoms with Gasteiger partial charge in [-0.05, 0) is 36.6 Å². The van der Waals surface area contributed by atoms with Gasteiger partial charge in [0.1, 0.15) is 13.2 Å². The summed E-state index contributed by atoms with van der Waals surface area (Å²) in [5.74, 6) is 2.29. The number of hydrogen-bond acceptors (Lipinski definition) is 4. The predicted molar refractivity (Wildman–Crippen MR) is 79.7 cm³/mol. The van der Waals surface area contributed by atoms with Crippen LogP contribution in [0.3, 0.4) is 0 Å². The van der Waals surface area contributed by atoms with E-state index in [9.17, 15) is 4.79 Å². The fourth-order valence-corrected chi connectivity index (χ4v) is 2.87. The highest BCUT2D eigenvalue weighted by atomic mass is 16.6. The van der Waals surface area contributed by atoms with Gasteiger partial charge in [-0.1, -0.05) is 13.0 Å². The van der Waals surface area contributed by atoms with Crippen molar-refractivity contribution >= 4 is 5.91 Å². The second-order valence-corrected chi connectivity index (χ2v) is 5.76. The van der Waals surface area contributed by atoms with Crippen molar-refractivity contribution in [3.8, 4) is 11.5 Å². The number of nitrogens with one attached hydrogen (secondary N) is 2. The summed E-state index contributed by atoms with van der Waals surface area (Å²) in [4.78, 5) is 12.1. The van der Waals surface area contributed by atoms with Crippen LogP contribution in [0.15, 0.2) is 18.2 Å². The lowest BCUT2D eigenvalue weighted by Gasteiger charge is -2.19. The Balaban J connectivity index is 1.50. The fraction of sp³-hybridized carbons (Fsp3) is 0.562. The molecular formula is C16H22N2O3. The van der Waals surface area contributed by atoms with E-state index in [0.717, 1.165) is 36.6 Å². The van der Waals surface area contributed by atoms with Gasteiger partial charge in [0.25, 0.3) is 0 Å². The van der Waals surface area contributed by atoms with E-state index in [1.165, 1.54) is 0 Å². The summed E-state index contributed by atoms with van der Waals surface area (Å²) >= 11 is 0. The lowest BCUT2D eigenvalue weighted by atomic mass is 9.97. The van der Waals surface area contributed by atoms with Crippen LogP contribution in [0.1, 0.15) is 12.5 Å². The number of ether oxygens (including phenoxy) is 2. The van der Waals surface area contributed by atoms with Crippen LogP contribution in [0.25, 0.3) is 0 Å². The largest absolute Gasteiger partial charge is 0.486 e. The number of hydrogen-bond donors (Lipinski definition) is 2. The molecule has 0 spiro atoms. The molecule has 0 unspecified atom stereocenters. The molecule has 2 N–H and O–H groups in total. The molecule has 1 saturated heterocycles. The molecule has 2 aliphatic rings. The first-order valence-corrected chi connectivity index (χ1v) is 7.61. The highest BCUT2D eigenvalue weighted by Gasteiger charge is 2.29. The topological polar surface area (TPSA) is 59.6 Å². The molecule has 0 radical (unpaired) electrons. The van der Waals surface area contributed by atoms with Gasteiger partial charge in [-0.3, -0.25) is 4.79 Å². The SMILES string of the molecule is C[C@@H]1CNC[C@H]1C(=O)NCCc1ccc2c(c1)OCCO2. The standard InChI is InChI=1S/C16H22N2O3/c1-11-9-17-10-13(11)16(19)18-5-4-12-2-3-14-15(8-12)21-7-6-20-14/h2-3,8,11,13,17H,4-7,9-10H2,1H3,(H,18,19)/t11-,13-/m1/s1. The summed E-state index contributed by atoms with van der Waals surface area (Å²) in [5, 5.41) is 6.29. The van der Waals surface area contributed by atoms with Gasteiger partial charge >= 0.3 is 0 Å². The fourth-order valence-electron chi connectivity index (χ4n) is 2.87. The van der Waals surface area contributed by atoms with Crippen LogP contribution in [0.2, 0.25) is 0 Å². The smallest absolute Gasteiger partial charge is 0.224 e. The molecule has 5 heteroatoms. The van der Waals surface area contributed by atoms with Crippen LogP contribution >= 0.6 is 0 Å². The Morgan fingerprint density at radius 1 is 1.29 bits per heavy atom. The average Bonchev–Trinajstić information content (AvgIpc) is 2.93. The van der Waals surface area contributed by atoms with Crippen LogP contribution in [0, 0.1) is 11.8 Å². The summed E-state index contributed by atoms with van der Waals surface area (Å²) in [6.45, 7) is 5.69. The molecular weight excluding hydrogens is 268 g/mol. The molecule has 1 amide bonds. The van der Waals surface area contributed by atoms with Crippen molar-refractivity contribution in [3.63, 3.8) is 0 Å². The van der Waals surface area contributed by atoms with Crippen LogP contribution in [-0.4, -0.2) is 38.8 Å². The first kappa shape index (κ1) is 14.2. The molecule has 2 aliphatic heterocycles. The molecule has 0 bridgehead atoms. The Morgan fingerprint density at radius 3 is 2.86 bits per heavy atom. The van der Waals surface area contributed by atoms with Crippen LogP contribution in [0.4, 0.5) is 0 Å². The Morgan fingerprint density at radius 2 is 2.10 bits per heavy atom. The maximum absolute atomic E-state index is 12.1. The van der Waals surface area contributed by atoms with Gasteiger partial charge < -0.3 is 20.1 Å². The molecule has 0 aliphatic carbocycles. The molecule has 21 heavy (non-hydrogen) atoms. The van der Waals surface area contributed by atoms with E-state index in [-0.39, 0.29) is 11.8 Å². The first-order chi connectivity index (χ1) is 10.2. The number of fused-ring (bicyclic) bond motifs is 1. The number of benzene rings is 1. The van der Waals surface area contributed by atoms with E-state index in [2.05, 4.69) is 17.6 Å². The van der Waals surface area contributed by atoms with E-state index in [1.54, 1.807) is 0 Å². The molecule has 2 atom stereocenters. The number of amides is 1. The molecule has 114 valence electrons. The van der Waals surface area contributed by atoms with Gasteiger partial charge in [-0.2, -0.15) is 0 Å². The molecule has 1 fully saturated rings. The predicted octanol–water partition coefficient (Wildman–Crippen LogP) is 0.972. The third-order valence-corrected chi connectivity index (χ3v) is 4.17. The first-order valence-electron chi connectivity index (χ1n) is 7.61. The van der Waals surface area contributed by atoms with Crippen molar-refractivity contribution in [2.45, 2.75) is 13.3 Å². The molecule has 0 aromatic heterocycles. The summed E-state index contributed by atoms with van der Waals surface area (Å²) in [6.07, 6.45) is 0.802. The lowest BCUT2D eigenvalue weighted by Crippen LogP contribution is -2.35. The van der Waals surface area contributed by atoms with E-state index in [4.69, 9.17) is 9.47 Å². The van der Waals surface area contributed by atoms with E-state index < -0.39 is 0 Å². The average molecular weight is 290 g/mol. The van der Waals surface area contributed by atoms with E-state index >= 15 is 0 Å². The number of carbonyl (C=O) groups is 1. The minimum Gasteiger partial charge on any atom is -0.486 e. The Bertz CT molecular complexity index is 518. The summed E-state index contributed by atoms with van der Waals surface area (Å²) in [7, 11) is 0. The third-order valence-electron chi connectivity index (χ3n) is 4.17. The zero-order valence-corrected chi connectivity index (χ0v) is 12.4. The van der Waals surface area contributed by atoms with Crippen molar-refractivity contribution < 1.29 is 14.3 Å². The highest BCUT2D eigenvalue weighted by Crippen LogP contribution is 2.30. The second kappa shape index (κ2) is 6.35. The monoisotopic (exact) mass is 290 g/mol.